The van der Waals surface area contributed by atoms with Crippen molar-refractivity contribution in [3.8, 4) is 11.8 Å². The van der Waals surface area contributed by atoms with Gasteiger partial charge >= 0.3 is 0 Å². The Balaban J connectivity index is 1.44. The number of nitrogens with zero attached hydrogens (tertiary/aromatic N) is 2. The van der Waals surface area contributed by atoms with Crippen molar-refractivity contribution in [2.75, 3.05) is 11.9 Å². The third kappa shape index (κ3) is 5.68. The zero-order chi connectivity index (χ0) is 20.5. The lowest BCUT2D eigenvalue weighted by atomic mass is 10.2. The Hall–Kier alpha value is -4.12. The highest BCUT2D eigenvalue weighted by molar-refractivity contribution is 5.93. The van der Waals surface area contributed by atoms with E-state index in [4.69, 9.17) is 14.4 Å². The molecule has 0 radical (unpaired) electrons. The van der Waals surface area contributed by atoms with Gasteiger partial charge in [-0.2, -0.15) is 5.26 Å². The summed E-state index contributed by atoms with van der Waals surface area (Å²) in [5.41, 5.74) is 1.01. The van der Waals surface area contributed by atoms with E-state index in [2.05, 4.69) is 15.6 Å². The summed E-state index contributed by atoms with van der Waals surface area (Å²) >= 11 is 0. The molecule has 0 bridgehead atoms. The maximum atomic E-state index is 12.1. The molecule has 0 atom stereocenters. The van der Waals surface area contributed by atoms with E-state index in [1.54, 1.807) is 48.7 Å². The fraction of sp³-hybridized carbons (Fsp3) is 0.143. The number of nitriles is 1. The number of hydrogen-bond acceptors (Lipinski definition) is 6. The predicted molar refractivity (Wildman–Crippen MR) is 104 cm³/mol. The lowest BCUT2D eigenvalue weighted by Gasteiger charge is -2.06. The van der Waals surface area contributed by atoms with Crippen molar-refractivity contribution < 1.29 is 18.7 Å². The van der Waals surface area contributed by atoms with Gasteiger partial charge in [-0.3, -0.25) is 14.6 Å². The van der Waals surface area contributed by atoms with Crippen LogP contribution in [-0.2, 0) is 11.4 Å². The van der Waals surface area contributed by atoms with Crippen LogP contribution in [0.4, 0.5) is 5.69 Å². The zero-order valence-electron chi connectivity index (χ0n) is 15.4. The zero-order valence-corrected chi connectivity index (χ0v) is 15.4. The molecule has 3 aromatic rings. The molecule has 29 heavy (non-hydrogen) atoms. The van der Waals surface area contributed by atoms with Crippen molar-refractivity contribution in [2.45, 2.75) is 13.0 Å². The van der Waals surface area contributed by atoms with Gasteiger partial charge in [0.2, 0.25) is 5.91 Å². The molecule has 2 heterocycles. The number of ether oxygens (including phenoxy) is 1. The van der Waals surface area contributed by atoms with E-state index >= 15 is 0 Å². The van der Waals surface area contributed by atoms with E-state index in [0.29, 0.717) is 22.8 Å². The second-order valence-corrected chi connectivity index (χ2v) is 5.96. The first-order valence-electron chi connectivity index (χ1n) is 8.84. The Labute approximate surface area is 167 Å². The summed E-state index contributed by atoms with van der Waals surface area (Å²) in [4.78, 5) is 27.9. The van der Waals surface area contributed by atoms with Crippen molar-refractivity contribution in [1.82, 2.24) is 10.3 Å². The van der Waals surface area contributed by atoms with Crippen molar-refractivity contribution >= 4 is 17.5 Å². The van der Waals surface area contributed by atoms with E-state index in [-0.39, 0.29) is 31.2 Å². The summed E-state index contributed by atoms with van der Waals surface area (Å²) in [6.45, 7) is 0.243. The number of pyridine rings is 1. The second kappa shape index (κ2) is 9.71. The molecule has 146 valence electrons. The number of carbonyl (C=O) groups excluding carboxylic acids is 2. The molecule has 0 aliphatic rings. The van der Waals surface area contributed by atoms with Gasteiger partial charge in [-0.25, -0.2) is 0 Å². The van der Waals surface area contributed by atoms with Crippen molar-refractivity contribution in [2.24, 2.45) is 0 Å². The number of carbonyl (C=O) groups is 2. The summed E-state index contributed by atoms with van der Waals surface area (Å²) in [6, 6.07) is 15.5. The molecule has 2 N–H and O–H groups in total. The largest absolute Gasteiger partial charge is 0.484 e. The van der Waals surface area contributed by atoms with E-state index in [0.717, 1.165) is 0 Å². The summed E-state index contributed by atoms with van der Waals surface area (Å²) < 4.78 is 11.0. The molecule has 2 aromatic heterocycles. The van der Waals surface area contributed by atoms with Gasteiger partial charge in [0.25, 0.3) is 5.91 Å². The normalized spacial score (nSPS) is 10.0. The van der Waals surface area contributed by atoms with Crippen LogP contribution in [0, 0.1) is 11.3 Å². The maximum Gasteiger partial charge on any atom is 0.287 e. The minimum Gasteiger partial charge on any atom is -0.484 e. The molecule has 0 aliphatic heterocycles. The molecule has 0 saturated carbocycles. The number of hydrogen-bond donors (Lipinski definition) is 2. The third-order valence-corrected chi connectivity index (χ3v) is 3.85. The van der Waals surface area contributed by atoms with Crippen LogP contribution >= 0.6 is 0 Å². The standard InChI is InChI=1S/C21H18N4O4/c22-12-15-4-1-2-6-18(15)28-14-17-7-8-19(29-17)21(27)24-11-9-20(26)25-16-5-3-10-23-13-16/h1-8,10,13H,9,11,14H2,(H,24,27)(H,25,26). The van der Waals surface area contributed by atoms with Crippen molar-refractivity contribution in [3.05, 3.63) is 78.0 Å². The molecule has 0 saturated heterocycles. The highest BCUT2D eigenvalue weighted by Crippen LogP contribution is 2.19. The quantitative estimate of drug-likeness (QED) is 0.611. The van der Waals surface area contributed by atoms with Gasteiger partial charge < -0.3 is 19.8 Å². The molecule has 0 spiro atoms. The van der Waals surface area contributed by atoms with E-state index in [1.165, 1.54) is 12.3 Å². The molecule has 8 nitrogen and oxygen atoms in total. The van der Waals surface area contributed by atoms with Crippen LogP contribution in [0.15, 0.2) is 65.3 Å². The van der Waals surface area contributed by atoms with Gasteiger partial charge in [-0.1, -0.05) is 12.1 Å². The van der Waals surface area contributed by atoms with Crippen LogP contribution in [0.3, 0.4) is 0 Å². The number of aromatic nitrogens is 1. The minimum absolute atomic E-state index is 0.0828. The van der Waals surface area contributed by atoms with Crippen LogP contribution in [0.2, 0.25) is 0 Å². The van der Waals surface area contributed by atoms with Crippen LogP contribution < -0.4 is 15.4 Å². The highest BCUT2D eigenvalue weighted by atomic mass is 16.5. The van der Waals surface area contributed by atoms with Crippen LogP contribution in [0.25, 0.3) is 0 Å². The van der Waals surface area contributed by atoms with Crippen molar-refractivity contribution in [1.29, 1.82) is 5.26 Å². The highest BCUT2D eigenvalue weighted by Gasteiger charge is 2.12. The smallest absolute Gasteiger partial charge is 0.287 e. The Bertz CT molecular complexity index is 1020. The average Bonchev–Trinajstić information content (AvgIpc) is 3.22. The molecule has 3 rings (SSSR count). The molecule has 0 aliphatic carbocycles. The van der Waals surface area contributed by atoms with Gasteiger partial charge in [0, 0.05) is 19.2 Å². The molecular formula is C21H18N4O4. The summed E-state index contributed by atoms with van der Waals surface area (Å²) in [5.74, 6) is 0.338. The molecule has 0 unspecified atom stereocenters. The molecule has 8 heteroatoms. The minimum atomic E-state index is -0.428. The Morgan fingerprint density at radius 2 is 2.00 bits per heavy atom. The lowest BCUT2D eigenvalue weighted by Crippen LogP contribution is -2.27. The van der Waals surface area contributed by atoms with Crippen LogP contribution in [0.1, 0.15) is 28.3 Å². The van der Waals surface area contributed by atoms with Crippen LogP contribution in [-0.4, -0.2) is 23.3 Å². The number of furan rings is 1. The van der Waals surface area contributed by atoms with Gasteiger partial charge in [0.1, 0.15) is 24.2 Å². The first-order chi connectivity index (χ1) is 14.2. The fourth-order valence-electron chi connectivity index (χ4n) is 2.45. The molecule has 2 amide bonds. The third-order valence-electron chi connectivity index (χ3n) is 3.85. The Morgan fingerprint density at radius 1 is 1.14 bits per heavy atom. The van der Waals surface area contributed by atoms with E-state index < -0.39 is 5.91 Å². The number of benzene rings is 1. The average molecular weight is 390 g/mol. The first-order valence-corrected chi connectivity index (χ1v) is 8.84. The summed E-state index contributed by atoms with van der Waals surface area (Å²) in [7, 11) is 0. The SMILES string of the molecule is N#Cc1ccccc1OCc1ccc(C(=O)NCCC(=O)Nc2cccnc2)o1. The molecule has 1 aromatic carbocycles. The topological polar surface area (TPSA) is 117 Å². The number of anilines is 1. The Kier molecular flexibility index (Phi) is 6.58. The van der Waals surface area contributed by atoms with Gasteiger partial charge in [-0.15, -0.1) is 0 Å². The number of amides is 2. The second-order valence-electron chi connectivity index (χ2n) is 5.96. The lowest BCUT2D eigenvalue weighted by molar-refractivity contribution is -0.116. The monoisotopic (exact) mass is 390 g/mol. The molecular weight excluding hydrogens is 372 g/mol. The summed E-state index contributed by atoms with van der Waals surface area (Å²) in [6.07, 6.45) is 3.26. The predicted octanol–water partition coefficient (Wildman–Crippen LogP) is 2.88. The fourth-order valence-corrected chi connectivity index (χ4v) is 2.45. The number of para-hydroxylation sites is 1. The Morgan fingerprint density at radius 3 is 2.79 bits per heavy atom. The first kappa shape index (κ1) is 19.6. The van der Waals surface area contributed by atoms with E-state index in [9.17, 15) is 9.59 Å². The number of nitrogens with one attached hydrogen (secondary N) is 2. The van der Waals surface area contributed by atoms with Gasteiger partial charge in [-0.05, 0) is 36.4 Å². The van der Waals surface area contributed by atoms with E-state index in [1.807, 2.05) is 6.07 Å². The number of rotatable bonds is 8. The van der Waals surface area contributed by atoms with Gasteiger partial charge in [0.15, 0.2) is 5.76 Å². The van der Waals surface area contributed by atoms with Crippen LogP contribution in [0.5, 0.6) is 5.75 Å². The van der Waals surface area contributed by atoms with Crippen molar-refractivity contribution in [3.63, 3.8) is 0 Å². The summed E-state index contributed by atoms with van der Waals surface area (Å²) in [5, 5.41) is 14.4. The molecule has 0 fully saturated rings. The maximum absolute atomic E-state index is 12.1. The van der Waals surface area contributed by atoms with Gasteiger partial charge in [0.05, 0.1) is 17.4 Å².